The Bertz CT molecular complexity index is 1610. The van der Waals surface area contributed by atoms with Gasteiger partial charge in [0.25, 0.3) is 0 Å². The van der Waals surface area contributed by atoms with Gasteiger partial charge in [0.05, 0.1) is 0 Å². The smallest absolute Gasteiger partial charge is 0.173 e. The number of benzene rings is 5. The number of allylic oxidation sites excluding steroid dienone is 3. The van der Waals surface area contributed by atoms with Crippen LogP contribution in [-0.4, -0.2) is 7.05 Å². The van der Waals surface area contributed by atoms with Crippen molar-refractivity contribution >= 4 is 27.7 Å². The molecule has 38 heavy (non-hydrogen) atoms. The lowest BCUT2D eigenvalue weighted by Gasteiger charge is -2.23. The highest BCUT2D eigenvalue weighted by Gasteiger charge is 2.15. The van der Waals surface area contributed by atoms with Gasteiger partial charge < -0.3 is 10.6 Å². The van der Waals surface area contributed by atoms with Gasteiger partial charge in [-0.25, -0.2) is 0 Å². The average molecular weight is 494 g/mol. The van der Waals surface area contributed by atoms with Crippen LogP contribution in [0.4, 0.5) is 11.4 Å². The van der Waals surface area contributed by atoms with Crippen LogP contribution in [0, 0.1) is 11.5 Å². The minimum atomic E-state index is 1.03. The molecule has 0 aliphatic carbocycles. The fourth-order valence-corrected chi connectivity index (χ4v) is 4.73. The summed E-state index contributed by atoms with van der Waals surface area (Å²) in [5, 5.41) is 9.60. The fourth-order valence-electron chi connectivity index (χ4n) is 4.73. The SMILES string of the molecule is C=C(/C=C\C)c1ccc(-c2ccc(-c3ccccc3N(C)c3ccccc3)c3ccccc23)cc1.N#CN. The van der Waals surface area contributed by atoms with Crippen LogP contribution >= 0.6 is 0 Å². The zero-order chi connectivity index (χ0) is 26.9. The topological polar surface area (TPSA) is 53.0 Å². The van der Waals surface area contributed by atoms with E-state index in [4.69, 9.17) is 5.26 Å². The molecule has 2 N–H and O–H groups in total. The van der Waals surface area contributed by atoms with Crippen LogP contribution in [0.5, 0.6) is 0 Å². The number of anilines is 2. The summed E-state index contributed by atoms with van der Waals surface area (Å²) in [5.74, 6) is 0. The Morgan fingerprint density at radius 3 is 1.95 bits per heavy atom. The molecule has 0 heterocycles. The number of nitriles is 1. The first-order chi connectivity index (χ1) is 18.6. The molecule has 0 unspecified atom stereocenters. The number of hydrogen-bond acceptors (Lipinski definition) is 3. The lowest BCUT2D eigenvalue weighted by atomic mass is 9.90. The molecule has 0 aliphatic heterocycles. The van der Waals surface area contributed by atoms with E-state index in [1.54, 1.807) is 0 Å². The Balaban J connectivity index is 0.00000107. The number of hydrogen-bond donors (Lipinski definition) is 1. The summed E-state index contributed by atoms with van der Waals surface area (Å²) < 4.78 is 0. The van der Waals surface area contributed by atoms with E-state index in [0.29, 0.717) is 0 Å². The van der Waals surface area contributed by atoms with Crippen LogP contribution in [0.2, 0.25) is 0 Å². The van der Waals surface area contributed by atoms with Crippen molar-refractivity contribution in [2.75, 3.05) is 11.9 Å². The Morgan fingerprint density at radius 2 is 1.29 bits per heavy atom. The van der Waals surface area contributed by atoms with E-state index in [1.807, 2.05) is 19.1 Å². The van der Waals surface area contributed by atoms with Gasteiger partial charge in [0.1, 0.15) is 0 Å². The van der Waals surface area contributed by atoms with Crippen molar-refractivity contribution in [3.8, 4) is 28.4 Å². The molecule has 3 nitrogen and oxygen atoms in total. The van der Waals surface area contributed by atoms with Crippen LogP contribution in [0.25, 0.3) is 38.6 Å². The van der Waals surface area contributed by atoms with Gasteiger partial charge in [-0.15, -0.1) is 0 Å². The van der Waals surface area contributed by atoms with E-state index >= 15 is 0 Å². The van der Waals surface area contributed by atoms with E-state index in [-0.39, 0.29) is 0 Å². The molecular formula is C35H31N3. The van der Waals surface area contributed by atoms with Crippen LogP contribution in [0.15, 0.2) is 134 Å². The number of nitrogens with two attached hydrogens (primary N) is 1. The molecule has 0 atom stereocenters. The highest BCUT2D eigenvalue weighted by molar-refractivity contribution is 6.06. The van der Waals surface area contributed by atoms with Gasteiger partial charge in [-0.2, -0.15) is 5.26 Å². The highest BCUT2D eigenvalue weighted by Crippen LogP contribution is 2.40. The fraction of sp³-hybridized carbons (Fsp3) is 0.0571. The Labute approximate surface area is 225 Å². The van der Waals surface area contributed by atoms with E-state index in [1.165, 1.54) is 50.6 Å². The molecule has 3 heteroatoms. The Kier molecular flexibility index (Phi) is 8.39. The van der Waals surface area contributed by atoms with Gasteiger partial charge in [-0.05, 0) is 63.7 Å². The quantitative estimate of drug-likeness (QED) is 0.146. The molecule has 5 aromatic rings. The zero-order valence-corrected chi connectivity index (χ0v) is 21.8. The van der Waals surface area contributed by atoms with Gasteiger partial charge >= 0.3 is 0 Å². The molecule has 0 spiro atoms. The number of para-hydroxylation sites is 2. The highest BCUT2D eigenvalue weighted by atomic mass is 15.1. The van der Waals surface area contributed by atoms with Crippen molar-refractivity contribution in [3.05, 3.63) is 140 Å². The first-order valence-corrected chi connectivity index (χ1v) is 12.5. The van der Waals surface area contributed by atoms with Crippen LogP contribution in [0.1, 0.15) is 12.5 Å². The minimum absolute atomic E-state index is 1.03. The second kappa shape index (κ2) is 12.3. The number of rotatable bonds is 6. The van der Waals surface area contributed by atoms with Crippen LogP contribution < -0.4 is 10.6 Å². The summed E-state index contributed by atoms with van der Waals surface area (Å²) in [6.45, 7) is 6.18. The third-order valence-corrected chi connectivity index (χ3v) is 6.56. The first-order valence-electron chi connectivity index (χ1n) is 12.5. The monoisotopic (exact) mass is 493 g/mol. The Morgan fingerprint density at radius 1 is 0.737 bits per heavy atom. The normalized spacial score (nSPS) is 10.4. The van der Waals surface area contributed by atoms with Gasteiger partial charge in [0.15, 0.2) is 6.19 Å². The maximum atomic E-state index is 7.10. The van der Waals surface area contributed by atoms with Gasteiger partial charge in [0, 0.05) is 24.0 Å². The molecule has 0 radical (unpaired) electrons. The molecule has 0 saturated heterocycles. The molecule has 0 aliphatic rings. The lowest BCUT2D eigenvalue weighted by Crippen LogP contribution is -2.10. The van der Waals surface area contributed by atoms with E-state index in [2.05, 4.69) is 140 Å². The van der Waals surface area contributed by atoms with E-state index in [9.17, 15) is 0 Å². The van der Waals surface area contributed by atoms with Crippen molar-refractivity contribution in [1.29, 1.82) is 5.26 Å². The lowest BCUT2D eigenvalue weighted by molar-refractivity contribution is 1.21. The average Bonchev–Trinajstić information content (AvgIpc) is 2.97. The molecule has 0 aromatic heterocycles. The standard InChI is InChI=1S/C34H29N.CH2N2/c1-4-12-25(2)26-19-21-27(22-20-26)29-23-24-32(31-16-9-8-15-30(29)31)33-17-10-11-18-34(33)35(3)28-13-6-5-7-14-28;2-1-3/h4-24H,2H2,1,3H3;2H2/b12-4-;. The maximum absolute atomic E-state index is 7.10. The van der Waals surface area contributed by atoms with E-state index < -0.39 is 0 Å². The van der Waals surface area contributed by atoms with E-state index in [0.717, 1.165) is 11.1 Å². The largest absolute Gasteiger partial charge is 0.344 e. The summed E-state index contributed by atoms with van der Waals surface area (Å²) in [6.07, 6.45) is 5.32. The molecule has 0 fully saturated rings. The minimum Gasteiger partial charge on any atom is -0.344 e. The number of nitrogens with zero attached hydrogens (tertiary/aromatic N) is 2. The molecular weight excluding hydrogens is 462 g/mol. The molecule has 0 amide bonds. The van der Waals surface area contributed by atoms with Crippen molar-refractivity contribution in [3.63, 3.8) is 0 Å². The van der Waals surface area contributed by atoms with Crippen LogP contribution in [0.3, 0.4) is 0 Å². The van der Waals surface area contributed by atoms with Crippen LogP contribution in [-0.2, 0) is 0 Å². The Hall–Kier alpha value is -5.07. The predicted molar refractivity (Wildman–Crippen MR) is 163 cm³/mol. The summed E-state index contributed by atoms with van der Waals surface area (Å²) in [7, 11) is 2.13. The third kappa shape index (κ3) is 5.51. The van der Waals surface area contributed by atoms with Gasteiger partial charge in [0.2, 0.25) is 0 Å². The second-order valence-corrected chi connectivity index (χ2v) is 8.85. The molecule has 5 rings (SSSR count). The van der Waals surface area contributed by atoms with Crippen molar-refractivity contribution in [2.45, 2.75) is 6.92 Å². The van der Waals surface area contributed by atoms with Crippen molar-refractivity contribution in [1.82, 2.24) is 0 Å². The molecule has 5 aromatic carbocycles. The molecule has 0 saturated carbocycles. The predicted octanol–water partition coefficient (Wildman–Crippen LogP) is 8.96. The van der Waals surface area contributed by atoms with Gasteiger partial charge in [-0.3, -0.25) is 0 Å². The summed E-state index contributed by atoms with van der Waals surface area (Å²) in [4.78, 5) is 2.26. The number of fused-ring (bicyclic) bond motifs is 1. The first kappa shape index (κ1) is 26.0. The summed E-state index contributed by atoms with van der Waals surface area (Å²) >= 11 is 0. The zero-order valence-electron chi connectivity index (χ0n) is 21.8. The second-order valence-electron chi connectivity index (χ2n) is 8.85. The maximum Gasteiger partial charge on any atom is 0.173 e. The van der Waals surface area contributed by atoms with Crippen molar-refractivity contribution in [2.24, 2.45) is 5.73 Å². The van der Waals surface area contributed by atoms with Crippen molar-refractivity contribution < 1.29 is 0 Å². The van der Waals surface area contributed by atoms with Gasteiger partial charge in [-0.1, -0.05) is 116 Å². The third-order valence-electron chi connectivity index (χ3n) is 6.56. The summed E-state index contributed by atoms with van der Waals surface area (Å²) in [5.41, 5.74) is 13.6. The molecule has 186 valence electrons. The summed E-state index contributed by atoms with van der Waals surface area (Å²) in [6, 6.07) is 41.1. The molecule has 0 bridgehead atoms.